The van der Waals surface area contributed by atoms with E-state index in [1.807, 2.05) is 31.2 Å². The molecule has 8 N–H and O–H groups in total. The Kier molecular flexibility index (Phi) is 16.3. The highest BCUT2D eigenvalue weighted by atomic mass is 35.5. The van der Waals surface area contributed by atoms with Crippen molar-refractivity contribution in [2.45, 2.75) is 105 Å². The third kappa shape index (κ3) is 11.5. The highest BCUT2D eigenvalue weighted by Crippen LogP contribution is 2.52. The van der Waals surface area contributed by atoms with Crippen molar-refractivity contribution in [1.29, 1.82) is 0 Å². The Morgan fingerprint density at radius 2 is 1.05 bits per heavy atom. The molecule has 12 rings (SSSR count). The number of anilines is 6. The van der Waals surface area contributed by atoms with Crippen molar-refractivity contribution in [2.75, 3.05) is 52.8 Å². The van der Waals surface area contributed by atoms with E-state index in [-0.39, 0.29) is 16.1 Å². The molecular weight excluding hydrogens is 1070 g/mol. The molecule has 3 atom stereocenters. The number of halogens is 1. The zero-order valence-electron chi connectivity index (χ0n) is 49.9. The molecule has 0 bridgehead atoms. The lowest BCUT2D eigenvalue weighted by Gasteiger charge is -2.40. The fourth-order valence-electron chi connectivity index (χ4n) is 12.5. The van der Waals surface area contributed by atoms with Crippen LogP contribution in [0.3, 0.4) is 0 Å². The number of hydrogen-bond acceptors (Lipinski definition) is 10. The number of unbranched alkanes of at least 4 members (excludes halogenated alkanes) is 6. The number of benzene rings is 7. The van der Waals surface area contributed by atoms with Crippen molar-refractivity contribution in [2.24, 2.45) is 15.7 Å². The zero-order chi connectivity index (χ0) is 58.8. The first-order valence-electron chi connectivity index (χ1n) is 30.4. The SMILES string of the molecule is CC1=CC2=Nc3cc(C)c(NCCCCCCNc4cc5c(cc4C)nc4cc(C)c(NCCCCCCNC6=CC7C(=Nc8cc(C)c(N)cc8[N+]7(Cl)c7ccccc7)C=C6C)cc4[n+]5-c4ccccc4)cc3N(c3ccccc3)C2C=C1N. The molecule has 432 valence electrons. The van der Waals surface area contributed by atoms with E-state index in [4.69, 9.17) is 38.2 Å². The molecule has 12 nitrogen and oxygen atoms in total. The Morgan fingerprint density at radius 3 is 1.66 bits per heavy atom. The summed E-state index contributed by atoms with van der Waals surface area (Å²) in [7, 11) is 0. The van der Waals surface area contributed by atoms with E-state index in [0.717, 1.165) is 196 Å². The first-order chi connectivity index (χ1) is 41.3. The van der Waals surface area contributed by atoms with E-state index in [1.54, 1.807) is 0 Å². The first kappa shape index (κ1) is 56.8. The molecule has 85 heavy (non-hydrogen) atoms. The lowest BCUT2D eigenvalue weighted by atomic mass is 9.93. The molecule has 0 saturated heterocycles. The highest BCUT2D eigenvalue weighted by Gasteiger charge is 2.49. The number of rotatable bonds is 21. The van der Waals surface area contributed by atoms with Crippen LogP contribution in [0.2, 0.25) is 0 Å². The topological polar surface area (TPSA) is 145 Å². The van der Waals surface area contributed by atoms with Crippen molar-refractivity contribution in [1.82, 2.24) is 14.3 Å². The average Bonchev–Trinajstić information content (AvgIpc) is 2.69. The number of para-hydroxylation sites is 3. The third-order valence-electron chi connectivity index (χ3n) is 17.3. The largest absolute Gasteiger partial charge is 0.399 e. The Morgan fingerprint density at radius 1 is 0.529 bits per heavy atom. The Bertz CT molecular complexity index is 4030. The van der Waals surface area contributed by atoms with E-state index in [9.17, 15) is 0 Å². The van der Waals surface area contributed by atoms with Gasteiger partial charge in [0.05, 0.1) is 23.1 Å². The van der Waals surface area contributed by atoms with E-state index < -0.39 is 0 Å². The summed E-state index contributed by atoms with van der Waals surface area (Å²) < 4.78 is 2.43. The zero-order valence-corrected chi connectivity index (χ0v) is 50.7. The smallest absolute Gasteiger partial charge is 0.239 e. The van der Waals surface area contributed by atoms with Crippen molar-refractivity contribution < 1.29 is 4.57 Å². The lowest BCUT2D eigenvalue weighted by Crippen LogP contribution is -2.51. The minimum absolute atomic E-state index is 0.0533. The summed E-state index contributed by atoms with van der Waals surface area (Å²) in [4.78, 5) is 17.9. The molecule has 7 aromatic carbocycles. The van der Waals surface area contributed by atoms with Gasteiger partial charge in [-0.2, -0.15) is 0 Å². The number of hydrogen-bond donors (Lipinski definition) is 6. The number of aryl methyl sites for hydroxylation is 4. The number of aliphatic imine (C=N–C) groups is 2. The summed E-state index contributed by atoms with van der Waals surface area (Å²) in [6.45, 7) is 16.3. The summed E-state index contributed by atoms with van der Waals surface area (Å²) in [6, 6.07) is 48.9. The Hall–Kier alpha value is -8.71. The minimum atomic E-state index is -0.215. The molecule has 4 aliphatic rings. The van der Waals surface area contributed by atoms with Gasteiger partial charge in [0.25, 0.3) is 0 Å². The van der Waals surface area contributed by atoms with Crippen LogP contribution in [0.1, 0.15) is 87.5 Å². The van der Waals surface area contributed by atoms with Gasteiger partial charge in [0.15, 0.2) is 29.2 Å². The maximum absolute atomic E-state index is 7.79. The molecule has 2 aliphatic carbocycles. The molecule has 0 amide bonds. The molecule has 3 unspecified atom stereocenters. The number of aromatic nitrogens is 2. The number of fused-ring (bicyclic) bond motifs is 6. The summed E-state index contributed by atoms with van der Waals surface area (Å²) >= 11 is 7.79. The molecule has 0 spiro atoms. The second-order valence-corrected chi connectivity index (χ2v) is 24.0. The first-order valence-corrected chi connectivity index (χ1v) is 30.7. The number of nitrogens with zero attached hydrogens (tertiary/aromatic N) is 6. The van der Waals surface area contributed by atoms with Gasteiger partial charge in [-0.15, -0.1) is 8.57 Å². The summed E-state index contributed by atoms with van der Waals surface area (Å²) in [5, 5.41) is 15.2. The van der Waals surface area contributed by atoms with Crippen molar-refractivity contribution in [3.8, 4) is 5.69 Å². The van der Waals surface area contributed by atoms with Crippen molar-refractivity contribution in [3.63, 3.8) is 0 Å². The maximum Gasteiger partial charge on any atom is 0.239 e. The molecule has 1 aromatic heterocycles. The fraction of sp³-hybridized carbons (Fsp3) is 0.278. The van der Waals surface area contributed by atoms with Crippen LogP contribution in [0.4, 0.5) is 56.9 Å². The van der Waals surface area contributed by atoms with Crippen LogP contribution in [0.25, 0.3) is 27.8 Å². The quantitative estimate of drug-likeness (QED) is 0.0137. The van der Waals surface area contributed by atoms with Gasteiger partial charge in [0.1, 0.15) is 22.4 Å². The van der Waals surface area contributed by atoms with Gasteiger partial charge in [-0.05, 0) is 161 Å². The number of quaternary nitrogens is 1. The second-order valence-electron chi connectivity index (χ2n) is 23.5. The normalized spacial score (nSPS) is 17.8. The third-order valence-corrected chi connectivity index (χ3v) is 17.9. The second kappa shape index (κ2) is 24.5. The predicted octanol–water partition coefficient (Wildman–Crippen LogP) is 16.3. The maximum atomic E-state index is 7.79. The molecule has 0 saturated carbocycles. The van der Waals surface area contributed by atoms with Crippen LogP contribution < -0.4 is 46.2 Å². The average molecular weight is 1150 g/mol. The predicted molar refractivity (Wildman–Crippen MR) is 359 cm³/mol. The van der Waals surface area contributed by atoms with Crippen LogP contribution in [-0.4, -0.2) is 54.7 Å². The van der Waals surface area contributed by atoms with Gasteiger partial charge in [-0.25, -0.2) is 15.0 Å². The van der Waals surface area contributed by atoms with Gasteiger partial charge in [0, 0.05) is 115 Å². The molecule has 0 radical (unpaired) electrons. The standard InChI is InChI=1S/C72H78ClN12/c1-46-34-61-67(40-55(46)74)83(52-24-14-11-15-25-52)68-42-57(48(3)36-62(68)80-61)76-30-20-7-8-21-31-77-58-43-69-63(37-49(58)4)81-64-38-50(5)59(44-70(64)84(69)53-26-16-12-17-27-53)78-32-22-9-10-23-33-79-60-45-72-66(39-51(60)6)82-65-35-47(2)56(75)41-71(65)85(72,73)54-28-18-13-19-29-54/h11-19,24-29,34-45,67,72,76,79H,7-10,20-23,30-33,74-75H2,1-6H3,(H,77,78)/q+1/p+1. The molecule has 3 heterocycles. The van der Waals surface area contributed by atoms with Crippen LogP contribution in [-0.2, 0) is 0 Å². The van der Waals surface area contributed by atoms with Crippen LogP contribution >= 0.6 is 11.8 Å². The van der Waals surface area contributed by atoms with Gasteiger partial charge in [0.2, 0.25) is 16.7 Å². The fourth-order valence-corrected chi connectivity index (χ4v) is 12.9. The lowest BCUT2D eigenvalue weighted by molar-refractivity contribution is -0.538. The highest BCUT2D eigenvalue weighted by molar-refractivity contribution is 6.30. The number of allylic oxidation sites excluding steroid dienone is 2. The van der Waals surface area contributed by atoms with Gasteiger partial charge in [-0.3, -0.25) is 0 Å². The van der Waals surface area contributed by atoms with Gasteiger partial charge in [-0.1, -0.05) is 80.3 Å². The molecule has 0 fully saturated rings. The van der Waals surface area contributed by atoms with E-state index in [2.05, 4.69) is 205 Å². The number of nitrogens with two attached hydrogens (primary N) is 2. The van der Waals surface area contributed by atoms with Gasteiger partial charge < -0.3 is 37.6 Å². The molecule has 8 aromatic rings. The minimum Gasteiger partial charge on any atom is -0.399 e. The summed E-state index contributed by atoms with van der Waals surface area (Å²) in [6.07, 6.45) is 17.5. The number of nitrogen functional groups attached to an aromatic ring is 1. The van der Waals surface area contributed by atoms with Crippen LogP contribution in [0.15, 0.2) is 196 Å². The van der Waals surface area contributed by atoms with E-state index >= 15 is 0 Å². The monoisotopic (exact) mass is 1150 g/mol. The van der Waals surface area contributed by atoms with Crippen molar-refractivity contribution in [3.05, 3.63) is 209 Å². The van der Waals surface area contributed by atoms with E-state index in [1.165, 1.54) is 16.7 Å². The van der Waals surface area contributed by atoms with Gasteiger partial charge >= 0.3 is 0 Å². The molecular formula is C72H79ClN12+2. The summed E-state index contributed by atoms with van der Waals surface area (Å²) in [5.41, 5.74) is 38.9. The number of nitrogens with one attached hydrogen (secondary N) is 4. The van der Waals surface area contributed by atoms with E-state index in [0.29, 0.717) is 5.69 Å². The van der Waals surface area contributed by atoms with Crippen molar-refractivity contribution >= 4 is 102 Å². The Labute approximate surface area is 506 Å². The summed E-state index contributed by atoms with van der Waals surface area (Å²) in [5.74, 6) is 0. The van der Waals surface area contributed by atoms with Crippen LogP contribution in [0, 0.1) is 27.7 Å². The molecule has 13 heteroatoms. The van der Waals surface area contributed by atoms with Crippen LogP contribution in [0.5, 0.6) is 0 Å². The molecule has 2 aliphatic heterocycles. The Balaban J connectivity index is 0.648.